The minimum absolute atomic E-state index is 0.0999. The maximum atomic E-state index is 11.5. The van der Waals surface area contributed by atoms with Gasteiger partial charge in [-0.15, -0.1) is 0 Å². The van der Waals surface area contributed by atoms with Crippen molar-refractivity contribution in [2.75, 3.05) is 40.0 Å². The van der Waals surface area contributed by atoms with E-state index in [1.165, 1.54) is 0 Å². The van der Waals surface area contributed by atoms with Gasteiger partial charge in [0.2, 0.25) is 17.7 Å². The summed E-state index contributed by atoms with van der Waals surface area (Å²) in [5.41, 5.74) is 6.34. The van der Waals surface area contributed by atoms with E-state index >= 15 is 0 Å². The average molecular weight is 649 g/mol. The second kappa shape index (κ2) is 14.1. The minimum atomic E-state index is 0.0999. The molecule has 3 N–H and O–H groups in total. The summed E-state index contributed by atoms with van der Waals surface area (Å²) < 4.78 is 11.6. The highest BCUT2D eigenvalue weighted by Crippen LogP contribution is 2.42. The Morgan fingerprint density at radius 1 is 1.00 bits per heavy atom. The predicted molar refractivity (Wildman–Crippen MR) is 176 cm³/mol. The van der Waals surface area contributed by atoms with Crippen molar-refractivity contribution in [2.45, 2.75) is 32.0 Å². The Morgan fingerprint density at radius 3 is 2.36 bits per heavy atom. The fourth-order valence-electron chi connectivity index (χ4n) is 5.81. The summed E-state index contributed by atoms with van der Waals surface area (Å²) in [7, 11) is 1.60. The van der Waals surface area contributed by atoms with Gasteiger partial charge in [0, 0.05) is 78.6 Å². The van der Waals surface area contributed by atoms with Crippen LogP contribution < -0.4 is 20.1 Å². The molecule has 0 unspecified atom stereocenters. The Hall–Kier alpha value is -3.73. The number of nitrogens with zero attached hydrogens (tertiary/aromatic N) is 3. The molecule has 45 heavy (non-hydrogen) atoms. The fraction of sp³-hybridized carbons (Fsp3) is 0.324. The van der Waals surface area contributed by atoms with Crippen LogP contribution in [0.15, 0.2) is 60.7 Å². The van der Waals surface area contributed by atoms with Crippen LogP contribution in [0.5, 0.6) is 11.8 Å². The average Bonchev–Trinajstić information content (AvgIpc) is 3.35. The largest absolute Gasteiger partial charge is 0.481 e. The highest BCUT2D eigenvalue weighted by molar-refractivity contribution is 6.39. The number of halogens is 2. The molecule has 0 spiro atoms. The number of rotatable bonds is 10. The van der Waals surface area contributed by atoms with Crippen molar-refractivity contribution in [1.82, 2.24) is 25.5 Å². The number of aliphatic hydroxyl groups is 1. The zero-order chi connectivity index (χ0) is 31.3. The van der Waals surface area contributed by atoms with Gasteiger partial charge < -0.3 is 25.2 Å². The number of methoxy groups -OCH3 is 1. The summed E-state index contributed by atoms with van der Waals surface area (Å²) in [5, 5.41) is 16.8. The number of carbonyl (C=O) groups excluding carboxylic acids is 1. The Kier molecular flexibility index (Phi) is 9.82. The zero-order valence-corrected chi connectivity index (χ0v) is 26.5. The van der Waals surface area contributed by atoms with Gasteiger partial charge >= 0.3 is 0 Å². The number of amides is 1. The van der Waals surface area contributed by atoms with Crippen molar-refractivity contribution in [3.63, 3.8) is 0 Å². The van der Waals surface area contributed by atoms with E-state index in [4.69, 9.17) is 42.6 Å². The summed E-state index contributed by atoms with van der Waals surface area (Å²) in [6.45, 7) is 3.81. The number of hydrogen-bond donors (Lipinski definition) is 3. The third-order valence-electron chi connectivity index (χ3n) is 8.16. The minimum Gasteiger partial charge on any atom is -0.481 e. The number of hydrogen-bond acceptors (Lipinski definition) is 8. The van der Waals surface area contributed by atoms with Crippen molar-refractivity contribution < 1.29 is 19.4 Å². The highest BCUT2D eigenvalue weighted by atomic mass is 35.5. The Morgan fingerprint density at radius 2 is 1.69 bits per heavy atom. The first-order valence-corrected chi connectivity index (χ1v) is 15.8. The molecule has 0 bridgehead atoms. The Balaban J connectivity index is 1.25. The first-order chi connectivity index (χ1) is 21.9. The number of ether oxygens (including phenoxy) is 2. The molecule has 2 aliphatic heterocycles. The lowest BCUT2D eigenvalue weighted by Gasteiger charge is -2.17. The van der Waals surface area contributed by atoms with Crippen molar-refractivity contribution in [2.24, 2.45) is 0 Å². The fourth-order valence-corrected chi connectivity index (χ4v) is 6.46. The lowest BCUT2D eigenvalue weighted by Crippen LogP contribution is -2.35. The van der Waals surface area contributed by atoms with Gasteiger partial charge in [-0.25, -0.2) is 9.97 Å². The molecule has 234 valence electrons. The van der Waals surface area contributed by atoms with Gasteiger partial charge in [-0.3, -0.25) is 9.69 Å². The number of fused-ring (bicyclic) bond motifs is 1. The summed E-state index contributed by atoms with van der Waals surface area (Å²) in [5.74, 6) is 1.19. The normalized spacial score (nSPS) is 16.5. The lowest BCUT2D eigenvalue weighted by molar-refractivity contribution is -0.119. The van der Waals surface area contributed by atoms with Crippen LogP contribution in [0.4, 0.5) is 0 Å². The van der Waals surface area contributed by atoms with Gasteiger partial charge in [-0.1, -0.05) is 71.7 Å². The maximum Gasteiger partial charge on any atom is 0.220 e. The van der Waals surface area contributed by atoms with E-state index in [2.05, 4.69) is 15.5 Å². The first kappa shape index (κ1) is 31.3. The number of nitrogens with one attached hydrogen (secondary N) is 2. The van der Waals surface area contributed by atoms with Crippen molar-refractivity contribution in [3.05, 3.63) is 81.8 Å². The van der Waals surface area contributed by atoms with E-state index in [1.54, 1.807) is 7.11 Å². The van der Waals surface area contributed by atoms with Crippen LogP contribution in [0.1, 0.15) is 24.0 Å². The molecule has 4 aromatic rings. The summed E-state index contributed by atoms with van der Waals surface area (Å²) in [6.07, 6.45) is 1.41. The van der Waals surface area contributed by atoms with E-state index in [-0.39, 0.29) is 18.6 Å². The number of pyridine rings is 2. The monoisotopic (exact) mass is 647 g/mol. The number of carbonyl (C=O) groups is 1. The van der Waals surface area contributed by atoms with Crippen molar-refractivity contribution in [3.8, 4) is 45.4 Å². The third-order valence-corrected chi connectivity index (χ3v) is 8.97. The molecule has 0 radical (unpaired) electrons. The highest BCUT2D eigenvalue weighted by Gasteiger charge is 2.22. The maximum absolute atomic E-state index is 11.5. The number of benzene rings is 2. The molecule has 1 atom stereocenters. The number of aliphatic hydroxyl groups excluding tert-OH is 1. The van der Waals surface area contributed by atoms with Gasteiger partial charge in [0.05, 0.1) is 35.1 Å². The van der Waals surface area contributed by atoms with Gasteiger partial charge in [-0.2, -0.15) is 0 Å². The predicted octanol–water partition coefficient (Wildman–Crippen LogP) is 5.35. The molecule has 1 saturated heterocycles. The van der Waals surface area contributed by atoms with Crippen LogP contribution in [0.25, 0.3) is 33.6 Å². The van der Waals surface area contributed by atoms with Gasteiger partial charge in [0.15, 0.2) is 0 Å². The topological polar surface area (TPSA) is 109 Å². The van der Waals surface area contributed by atoms with Crippen LogP contribution in [0.2, 0.25) is 10.0 Å². The van der Waals surface area contributed by atoms with Crippen molar-refractivity contribution >= 4 is 29.1 Å². The molecule has 2 aromatic heterocycles. The molecule has 0 saturated carbocycles. The smallest absolute Gasteiger partial charge is 0.220 e. The molecule has 0 aliphatic carbocycles. The van der Waals surface area contributed by atoms with Crippen LogP contribution in [0.3, 0.4) is 0 Å². The SMILES string of the molecule is COc1nc(-c2cccc(-c3cccc(-c4ccc5c(n4)OCCN(CCO)C5)c3Cl)c2Cl)ccc1CNC[C@H]1CCC(=O)N1. The quantitative estimate of drug-likeness (QED) is 0.211. The second-order valence-electron chi connectivity index (χ2n) is 11.1. The molecule has 2 aliphatic rings. The number of β-amino-alcohol motifs (C(OH)–C–C–N with tert-alkyl or cyclic N) is 1. The summed E-state index contributed by atoms with van der Waals surface area (Å²) >= 11 is 14.1. The van der Waals surface area contributed by atoms with Gasteiger partial charge in [0.25, 0.3) is 0 Å². The molecule has 11 heteroatoms. The molecule has 1 fully saturated rings. The summed E-state index contributed by atoms with van der Waals surface area (Å²) in [4.78, 5) is 23.2. The van der Waals surface area contributed by atoms with E-state index in [0.717, 1.165) is 46.3 Å². The molecule has 6 rings (SSSR count). The Labute approximate surface area is 272 Å². The van der Waals surface area contributed by atoms with E-state index in [0.29, 0.717) is 72.4 Å². The third kappa shape index (κ3) is 6.93. The van der Waals surface area contributed by atoms with Crippen LogP contribution in [0, 0.1) is 0 Å². The first-order valence-electron chi connectivity index (χ1n) is 15.0. The molecular formula is C34H35Cl2N5O4. The second-order valence-corrected chi connectivity index (χ2v) is 11.9. The van der Waals surface area contributed by atoms with Crippen LogP contribution >= 0.6 is 23.2 Å². The summed E-state index contributed by atoms with van der Waals surface area (Å²) in [6, 6.07) is 19.6. The molecule has 9 nitrogen and oxygen atoms in total. The van der Waals surface area contributed by atoms with Crippen LogP contribution in [-0.4, -0.2) is 71.9 Å². The van der Waals surface area contributed by atoms with E-state index in [9.17, 15) is 9.90 Å². The molecule has 4 heterocycles. The van der Waals surface area contributed by atoms with Crippen LogP contribution in [-0.2, 0) is 17.9 Å². The lowest BCUT2D eigenvalue weighted by atomic mass is 9.98. The van der Waals surface area contributed by atoms with E-state index in [1.807, 2.05) is 60.7 Å². The van der Waals surface area contributed by atoms with Gasteiger partial charge in [0.1, 0.15) is 6.61 Å². The van der Waals surface area contributed by atoms with E-state index < -0.39 is 0 Å². The van der Waals surface area contributed by atoms with Crippen molar-refractivity contribution in [1.29, 1.82) is 0 Å². The van der Waals surface area contributed by atoms with Gasteiger partial charge in [-0.05, 0) is 18.6 Å². The molecular weight excluding hydrogens is 613 g/mol. The number of aromatic nitrogens is 2. The zero-order valence-electron chi connectivity index (χ0n) is 25.0. The molecule has 2 aromatic carbocycles. The molecule has 1 amide bonds. The standard InChI is InChI=1S/C34H35Cl2N5O4/c1-44-33-21(18-37-19-23-10-13-30(43)38-23)8-11-28(39-33)26-6-2-4-24(31(26)35)25-5-3-7-27(32(25)36)29-12-9-22-20-41(14-16-42)15-17-45-34(22)40-29/h2-9,11-12,23,37,42H,10,13-20H2,1H3,(H,38,43)/t23-/m1/s1. The Bertz CT molecular complexity index is 1700.